The zero-order valence-corrected chi connectivity index (χ0v) is 24.5. The number of piperidine rings is 1. The molecule has 5 heterocycles. The molecule has 0 radical (unpaired) electrons. The summed E-state index contributed by atoms with van der Waals surface area (Å²) >= 11 is 0. The van der Waals surface area contributed by atoms with Gasteiger partial charge in [0.05, 0.1) is 18.8 Å². The molecule has 9 heteroatoms. The Labute approximate surface area is 248 Å². The van der Waals surface area contributed by atoms with Gasteiger partial charge in [0.15, 0.2) is 0 Å². The number of rotatable bonds is 4. The lowest BCUT2D eigenvalue weighted by molar-refractivity contribution is 0.0360. The topological polar surface area (TPSA) is 83.9 Å². The van der Waals surface area contributed by atoms with Crippen LogP contribution in [0.15, 0.2) is 61.2 Å². The Morgan fingerprint density at radius 2 is 1.62 bits per heavy atom. The summed E-state index contributed by atoms with van der Waals surface area (Å²) in [5.41, 5.74) is 3.30. The number of anilines is 1. The van der Waals surface area contributed by atoms with E-state index in [1.807, 2.05) is 17.3 Å². The summed E-state index contributed by atoms with van der Waals surface area (Å²) in [5, 5.41) is 0. The molecule has 1 amide bonds. The van der Waals surface area contributed by atoms with E-state index in [1.165, 1.54) is 24.0 Å². The number of carbonyl (C=O) groups is 1. The molecule has 2 aromatic heterocycles. The standard InChI is InChI=1S/C33H42N6O3/c40-31(29-23-35-32(36-24-29)39-18-20-41-21-19-39)38-15-11-33(12-16-38)10-4-3-6-28-5-1-2-7-30(28)42-22-17-37(26-33)25-27-8-13-34-14-9-27/h1-2,5,7-9,13-14,23-24H,3-4,6,10-12,15-22,25-26H2. The zero-order chi connectivity index (χ0) is 28.6. The highest BCUT2D eigenvalue weighted by Gasteiger charge is 2.37. The fraction of sp³-hybridized carbons (Fsp3) is 0.515. The van der Waals surface area contributed by atoms with Crippen molar-refractivity contribution in [2.75, 3.05) is 64.0 Å². The Morgan fingerprint density at radius 1 is 0.857 bits per heavy atom. The van der Waals surface area contributed by atoms with Gasteiger partial charge in [0.25, 0.3) is 5.91 Å². The molecule has 0 aliphatic carbocycles. The number of fused-ring (bicyclic) bond motifs is 1. The molecule has 0 unspecified atom stereocenters. The van der Waals surface area contributed by atoms with E-state index in [4.69, 9.17) is 9.47 Å². The van der Waals surface area contributed by atoms with E-state index in [0.29, 0.717) is 31.3 Å². The van der Waals surface area contributed by atoms with E-state index >= 15 is 0 Å². The first-order chi connectivity index (χ1) is 20.7. The van der Waals surface area contributed by atoms with Crippen molar-refractivity contribution in [3.05, 3.63) is 77.9 Å². The van der Waals surface area contributed by atoms with Gasteiger partial charge in [0, 0.05) is 70.6 Å². The van der Waals surface area contributed by atoms with Gasteiger partial charge in [-0.15, -0.1) is 0 Å². The number of para-hydroxylation sites is 1. The minimum Gasteiger partial charge on any atom is -0.492 e. The molecule has 1 aromatic carbocycles. The molecular formula is C33H42N6O3. The fourth-order valence-electron chi connectivity index (χ4n) is 6.60. The van der Waals surface area contributed by atoms with Gasteiger partial charge in [-0.05, 0) is 66.8 Å². The van der Waals surface area contributed by atoms with E-state index < -0.39 is 0 Å². The van der Waals surface area contributed by atoms with Crippen molar-refractivity contribution in [2.24, 2.45) is 5.41 Å². The molecule has 0 saturated carbocycles. The maximum absolute atomic E-state index is 13.5. The van der Waals surface area contributed by atoms with Gasteiger partial charge in [0.1, 0.15) is 12.4 Å². The van der Waals surface area contributed by atoms with Crippen molar-refractivity contribution in [2.45, 2.75) is 45.1 Å². The normalized spacial score (nSPS) is 20.2. The molecule has 2 saturated heterocycles. The van der Waals surface area contributed by atoms with Gasteiger partial charge < -0.3 is 19.3 Å². The van der Waals surface area contributed by atoms with Crippen LogP contribution in [-0.4, -0.2) is 89.7 Å². The maximum Gasteiger partial charge on any atom is 0.256 e. The highest BCUT2D eigenvalue weighted by atomic mass is 16.5. The summed E-state index contributed by atoms with van der Waals surface area (Å²) < 4.78 is 11.8. The van der Waals surface area contributed by atoms with Crippen LogP contribution >= 0.6 is 0 Å². The third-order valence-corrected chi connectivity index (χ3v) is 9.05. The van der Waals surface area contributed by atoms with Gasteiger partial charge in [-0.25, -0.2) is 9.97 Å². The molecule has 6 rings (SSSR count). The number of ether oxygens (including phenoxy) is 2. The number of aryl methyl sites for hydroxylation is 1. The lowest BCUT2D eigenvalue weighted by Gasteiger charge is -2.45. The van der Waals surface area contributed by atoms with Crippen LogP contribution in [0.3, 0.4) is 0 Å². The Morgan fingerprint density at radius 3 is 2.40 bits per heavy atom. The van der Waals surface area contributed by atoms with Crippen molar-refractivity contribution >= 4 is 11.9 Å². The second-order valence-corrected chi connectivity index (χ2v) is 11.9. The molecule has 2 fully saturated rings. The van der Waals surface area contributed by atoms with Gasteiger partial charge in [-0.1, -0.05) is 24.6 Å². The van der Waals surface area contributed by atoms with Crippen LogP contribution < -0.4 is 9.64 Å². The molecule has 222 valence electrons. The minimum absolute atomic E-state index is 0.0326. The number of aromatic nitrogens is 3. The summed E-state index contributed by atoms with van der Waals surface area (Å²) in [6.07, 6.45) is 13.6. The number of nitrogens with zero attached hydrogens (tertiary/aromatic N) is 6. The first-order valence-corrected chi connectivity index (χ1v) is 15.4. The molecule has 42 heavy (non-hydrogen) atoms. The highest BCUT2D eigenvalue weighted by molar-refractivity contribution is 5.93. The second kappa shape index (κ2) is 13.6. The SMILES string of the molecule is O=C(c1cnc(N2CCOCC2)nc1)N1CCC2(CCCCc3ccccc3OCCN(Cc3ccncc3)C2)CC1. The summed E-state index contributed by atoms with van der Waals surface area (Å²) in [6.45, 7) is 7.80. The average molecular weight is 571 g/mol. The zero-order valence-electron chi connectivity index (χ0n) is 24.5. The lowest BCUT2D eigenvalue weighted by atomic mass is 9.73. The molecule has 0 bridgehead atoms. The molecule has 3 aliphatic heterocycles. The van der Waals surface area contributed by atoms with E-state index in [1.54, 1.807) is 12.4 Å². The number of pyridine rings is 1. The van der Waals surface area contributed by atoms with Gasteiger partial charge in [0.2, 0.25) is 5.95 Å². The number of likely N-dealkylation sites (tertiary alicyclic amines) is 1. The minimum atomic E-state index is 0.0326. The number of benzene rings is 1. The first kappa shape index (κ1) is 28.6. The van der Waals surface area contributed by atoms with Gasteiger partial charge in [-0.3, -0.25) is 14.7 Å². The number of morpholine rings is 1. The molecular weight excluding hydrogens is 528 g/mol. The monoisotopic (exact) mass is 570 g/mol. The van der Waals surface area contributed by atoms with Crippen LogP contribution in [0.4, 0.5) is 5.95 Å². The average Bonchev–Trinajstić information content (AvgIpc) is 3.04. The molecule has 1 spiro atoms. The van der Waals surface area contributed by atoms with Crippen LogP contribution in [0.2, 0.25) is 0 Å². The van der Waals surface area contributed by atoms with Crippen molar-refractivity contribution in [3.63, 3.8) is 0 Å². The van der Waals surface area contributed by atoms with Crippen LogP contribution in [0.25, 0.3) is 0 Å². The fourth-order valence-corrected chi connectivity index (χ4v) is 6.60. The number of hydrogen-bond donors (Lipinski definition) is 0. The van der Waals surface area contributed by atoms with Crippen molar-refractivity contribution < 1.29 is 14.3 Å². The van der Waals surface area contributed by atoms with Crippen LogP contribution in [0.1, 0.15) is 53.6 Å². The highest BCUT2D eigenvalue weighted by Crippen LogP contribution is 2.39. The molecule has 9 nitrogen and oxygen atoms in total. The predicted octanol–water partition coefficient (Wildman–Crippen LogP) is 4.24. The molecule has 3 aliphatic rings. The largest absolute Gasteiger partial charge is 0.492 e. The Hall–Kier alpha value is -3.56. The molecule has 0 N–H and O–H groups in total. The first-order valence-electron chi connectivity index (χ1n) is 15.4. The van der Waals surface area contributed by atoms with Crippen molar-refractivity contribution in [1.29, 1.82) is 0 Å². The van der Waals surface area contributed by atoms with Crippen molar-refractivity contribution in [1.82, 2.24) is 24.8 Å². The van der Waals surface area contributed by atoms with Crippen LogP contribution in [0, 0.1) is 5.41 Å². The third-order valence-electron chi connectivity index (χ3n) is 9.05. The predicted molar refractivity (Wildman–Crippen MR) is 162 cm³/mol. The van der Waals surface area contributed by atoms with Crippen molar-refractivity contribution in [3.8, 4) is 5.75 Å². The summed E-state index contributed by atoms with van der Waals surface area (Å²) in [7, 11) is 0. The third kappa shape index (κ3) is 7.07. The molecule has 3 aromatic rings. The second-order valence-electron chi connectivity index (χ2n) is 11.9. The van der Waals surface area contributed by atoms with E-state index in [9.17, 15) is 4.79 Å². The van der Waals surface area contributed by atoms with Gasteiger partial charge >= 0.3 is 0 Å². The Bertz CT molecular complexity index is 1290. The van der Waals surface area contributed by atoms with E-state index in [2.05, 4.69) is 61.1 Å². The van der Waals surface area contributed by atoms with Crippen LogP contribution in [0.5, 0.6) is 5.75 Å². The van der Waals surface area contributed by atoms with Gasteiger partial charge in [-0.2, -0.15) is 0 Å². The van der Waals surface area contributed by atoms with Crippen LogP contribution in [-0.2, 0) is 17.7 Å². The maximum atomic E-state index is 13.5. The lowest BCUT2D eigenvalue weighted by Crippen LogP contribution is -2.48. The smallest absolute Gasteiger partial charge is 0.256 e. The number of hydrogen-bond acceptors (Lipinski definition) is 8. The summed E-state index contributed by atoms with van der Waals surface area (Å²) in [5.74, 6) is 1.72. The summed E-state index contributed by atoms with van der Waals surface area (Å²) in [6, 6.07) is 12.7. The Balaban J connectivity index is 1.14. The number of amides is 1. The van der Waals surface area contributed by atoms with E-state index in [0.717, 1.165) is 77.2 Å². The molecule has 0 atom stereocenters. The van der Waals surface area contributed by atoms with E-state index in [-0.39, 0.29) is 11.3 Å². The Kier molecular flexibility index (Phi) is 9.25. The number of carbonyl (C=O) groups excluding carboxylic acids is 1. The summed E-state index contributed by atoms with van der Waals surface area (Å²) in [4.78, 5) is 33.4. The quantitative estimate of drug-likeness (QED) is 0.461.